The standard InChI is InChI=1S/C16H12N4/c1-2-6-14-13(5-1)17-9-10-19-15-7-3-4-8-16(15)20-12-11-18-14/h1-12H. The number of hydrogen-bond acceptors (Lipinski definition) is 4. The molecule has 0 aliphatic carbocycles. The van der Waals surface area contributed by atoms with Gasteiger partial charge in [-0.3, -0.25) is 20.0 Å². The van der Waals surface area contributed by atoms with E-state index in [4.69, 9.17) is 0 Å². The minimum atomic E-state index is 0.803. The average molecular weight is 260 g/mol. The van der Waals surface area contributed by atoms with Crippen LogP contribution in [-0.4, -0.2) is 0 Å². The molecule has 0 amide bonds. The van der Waals surface area contributed by atoms with E-state index in [9.17, 15) is 0 Å². The summed E-state index contributed by atoms with van der Waals surface area (Å²) in [7, 11) is 0. The number of benzene rings is 2. The van der Waals surface area contributed by atoms with Crippen LogP contribution in [0.25, 0.3) is 0 Å². The van der Waals surface area contributed by atoms with Gasteiger partial charge < -0.3 is 0 Å². The number of nitrogens with zero attached hydrogens (tertiary/aromatic N) is 4. The number of para-hydroxylation sites is 4. The molecule has 1 aliphatic rings. The Labute approximate surface area is 115 Å². The number of fused-ring (bicyclic) bond motifs is 2. The van der Waals surface area contributed by atoms with E-state index in [1.54, 1.807) is 24.8 Å². The van der Waals surface area contributed by atoms with Crippen molar-refractivity contribution < 1.29 is 0 Å². The van der Waals surface area contributed by atoms with Crippen LogP contribution < -0.4 is 21.4 Å². The maximum absolute atomic E-state index is 4.36. The second-order valence-corrected chi connectivity index (χ2v) is 4.09. The highest BCUT2D eigenvalue weighted by atomic mass is 14.8. The first-order valence-corrected chi connectivity index (χ1v) is 6.25. The Hall–Kier alpha value is -2.88. The van der Waals surface area contributed by atoms with Crippen molar-refractivity contribution in [3.8, 4) is 0 Å². The lowest BCUT2D eigenvalue weighted by molar-refractivity contribution is 1.16. The van der Waals surface area contributed by atoms with Crippen LogP contribution in [-0.2, 0) is 0 Å². The zero-order valence-electron chi connectivity index (χ0n) is 10.7. The van der Waals surface area contributed by atoms with Gasteiger partial charge in [0.1, 0.15) is 0 Å². The first-order chi connectivity index (χ1) is 9.93. The highest BCUT2D eigenvalue weighted by molar-refractivity contribution is 5.05. The average Bonchev–Trinajstić information content (AvgIpc) is 2.49. The normalized spacial score (nSPS) is 13.2. The Balaban J connectivity index is 2.24. The van der Waals surface area contributed by atoms with Gasteiger partial charge in [-0.05, 0) is 24.3 Å². The van der Waals surface area contributed by atoms with Crippen LogP contribution in [0.4, 0.5) is 0 Å². The summed E-state index contributed by atoms with van der Waals surface area (Å²) in [6.07, 6.45) is 6.65. The molecule has 1 aliphatic heterocycles. The zero-order valence-corrected chi connectivity index (χ0v) is 10.7. The minimum Gasteiger partial charge on any atom is -0.253 e. The SMILES string of the molecule is C1=CN=c2ccccc2=NC=CN=c2ccccc2=N1. The lowest BCUT2D eigenvalue weighted by atomic mass is 10.3. The molecule has 0 saturated carbocycles. The molecule has 0 saturated heterocycles. The van der Waals surface area contributed by atoms with Crippen LogP contribution in [0.15, 0.2) is 93.3 Å². The zero-order chi connectivity index (χ0) is 13.6. The third-order valence-electron chi connectivity index (χ3n) is 2.75. The molecule has 0 unspecified atom stereocenters. The van der Waals surface area contributed by atoms with Crippen LogP contribution in [0.3, 0.4) is 0 Å². The van der Waals surface area contributed by atoms with Gasteiger partial charge in [0.25, 0.3) is 0 Å². The fourth-order valence-corrected chi connectivity index (χ4v) is 1.82. The van der Waals surface area contributed by atoms with Gasteiger partial charge in [-0.1, -0.05) is 24.3 Å². The molecule has 2 aromatic rings. The molecule has 0 spiro atoms. The van der Waals surface area contributed by atoms with Crippen LogP contribution in [0, 0.1) is 0 Å². The molecular weight excluding hydrogens is 248 g/mol. The molecule has 96 valence electrons. The maximum Gasteiger partial charge on any atom is 0.0886 e. The van der Waals surface area contributed by atoms with Gasteiger partial charge in [0, 0.05) is 24.8 Å². The molecule has 2 aromatic carbocycles. The van der Waals surface area contributed by atoms with E-state index in [1.807, 2.05) is 48.5 Å². The van der Waals surface area contributed by atoms with Crippen LogP contribution in [0.2, 0.25) is 0 Å². The largest absolute Gasteiger partial charge is 0.253 e. The monoisotopic (exact) mass is 260 g/mol. The molecule has 1 heterocycles. The summed E-state index contributed by atoms with van der Waals surface area (Å²) in [5.41, 5.74) is 0. The topological polar surface area (TPSA) is 49.4 Å². The van der Waals surface area contributed by atoms with E-state index >= 15 is 0 Å². The molecule has 4 nitrogen and oxygen atoms in total. The smallest absolute Gasteiger partial charge is 0.0886 e. The summed E-state index contributed by atoms with van der Waals surface area (Å²) in [6.45, 7) is 0. The fourth-order valence-electron chi connectivity index (χ4n) is 1.82. The Morgan fingerprint density at radius 2 is 0.650 bits per heavy atom. The summed E-state index contributed by atoms with van der Waals surface area (Å²) in [4.78, 5) is 17.4. The Kier molecular flexibility index (Phi) is 3.55. The minimum absolute atomic E-state index is 0.803. The predicted octanol–water partition coefficient (Wildman–Crippen LogP) is 0.821. The molecule has 3 rings (SSSR count). The highest BCUT2D eigenvalue weighted by Crippen LogP contribution is 1.80. The molecule has 0 atom stereocenters. The fraction of sp³-hybridized carbons (Fsp3) is 0. The summed E-state index contributed by atoms with van der Waals surface area (Å²) in [5, 5.41) is 3.21. The van der Waals surface area contributed by atoms with Crippen molar-refractivity contribution in [3.63, 3.8) is 0 Å². The van der Waals surface area contributed by atoms with E-state index in [2.05, 4.69) is 20.0 Å². The van der Waals surface area contributed by atoms with Crippen molar-refractivity contribution >= 4 is 0 Å². The van der Waals surface area contributed by atoms with Crippen LogP contribution in [0.5, 0.6) is 0 Å². The molecule has 0 radical (unpaired) electrons. The van der Waals surface area contributed by atoms with Gasteiger partial charge in [0.05, 0.1) is 21.4 Å². The first-order valence-electron chi connectivity index (χ1n) is 6.25. The summed E-state index contributed by atoms with van der Waals surface area (Å²) < 4.78 is 0. The molecule has 0 aromatic heterocycles. The van der Waals surface area contributed by atoms with E-state index in [0.717, 1.165) is 21.4 Å². The second-order valence-electron chi connectivity index (χ2n) is 4.09. The summed E-state index contributed by atoms with van der Waals surface area (Å²) >= 11 is 0. The molecule has 0 N–H and O–H groups in total. The number of rotatable bonds is 0. The maximum atomic E-state index is 4.36. The van der Waals surface area contributed by atoms with Crippen molar-refractivity contribution in [1.29, 1.82) is 0 Å². The molecule has 20 heavy (non-hydrogen) atoms. The van der Waals surface area contributed by atoms with Gasteiger partial charge in [-0.2, -0.15) is 0 Å². The third-order valence-corrected chi connectivity index (χ3v) is 2.75. The first kappa shape index (κ1) is 12.2. The predicted molar refractivity (Wildman–Crippen MR) is 75.8 cm³/mol. The van der Waals surface area contributed by atoms with Gasteiger partial charge in [0.2, 0.25) is 0 Å². The third kappa shape index (κ3) is 2.75. The lowest BCUT2D eigenvalue weighted by Gasteiger charge is -1.89. The summed E-state index contributed by atoms with van der Waals surface area (Å²) in [6, 6.07) is 15.4. The van der Waals surface area contributed by atoms with Crippen molar-refractivity contribution in [1.82, 2.24) is 0 Å². The van der Waals surface area contributed by atoms with Crippen LogP contribution >= 0.6 is 0 Å². The van der Waals surface area contributed by atoms with Crippen molar-refractivity contribution in [2.45, 2.75) is 0 Å². The Morgan fingerprint density at radius 3 is 0.900 bits per heavy atom. The molecule has 0 fully saturated rings. The van der Waals surface area contributed by atoms with Gasteiger partial charge in [0.15, 0.2) is 0 Å². The number of hydrogen-bond donors (Lipinski definition) is 0. The second kappa shape index (κ2) is 5.84. The van der Waals surface area contributed by atoms with Gasteiger partial charge >= 0.3 is 0 Å². The lowest BCUT2D eigenvalue weighted by Crippen LogP contribution is -2.24. The van der Waals surface area contributed by atoms with Gasteiger partial charge in [-0.25, -0.2) is 0 Å². The van der Waals surface area contributed by atoms with E-state index in [-0.39, 0.29) is 0 Å². The van der Waals surface area contributed by atoms with Crippen molar-refractivity contribution in [2.75, 3.05) is 0 Å². The highest BCUT2D eigenvalue weighted by Gasteiger charge is 1.86. The molecular formula is C16H12N4. The molecule has 4 heteroatoms. The quantitative estimate of drug-likeness (QED) is 0.673. The Bertz CT molecular complexity index is 756. The van der Waals surface area contributed by atoms with Gasteiger partial charge in [-0.15, -0.1) is 0 Å². The molecule has 0 bridgehead atoms. The Morgan fingerprint density at radius 1 is 0.400 bits per heavy atom. The van der Waals surface area contributed by atoms with Crippen molar-refractivity contribution in [2.24, 2.45) is 20.0 Å². The van der Waals surface area contributed by atoms with E-state index in [0.29, 0.717) is 0 Å². The van der Waals surface area contributed by atoms with Crippen LogP contribution in [0.1, 0.15) is 0 Å². The van der Waals surface area contributed by atoms with Crippen molar-refractivity contribution in [3.05, 3.63) is 94.8 Å². The van der Waals surface area contributed by atoms with E-state index < -0.39 is 0 Å². The summed E-state index contributed by atoms with van der Waals surface area (Å²) in [5.74, 6) is 0. The van der Waals surface area contributed by atoms with E-state index in [1.165, 1.54) is 0 Å².